The van der Waals surface area contributed by atoms with Crippen LogP contribution in [0.1, 0.15) is 47.2 Å². The predicted octanol–water partition coefficient (Wildman–Crippen LogP) is 4.54. The van der Waals surface area contributed by atoms with Crippen LogP contribution in [0.5, 0.6) is 5.75 Å². The molecule has 1 aliphatic carbocycles. The number of carbonyl (C=O) groups is 1. The first-order chi connectivity index (χ1) is 11.8. The van der Waals surface area contributed by atoms with E-state index in [1.807, 2.05) is 24.3 Å². The number of benzene rings is 1. The van der Waals surface area contributed by atoms with Crippen molar-refractivity contribution in [3.8, 4) is 17.0 Å². The van der Waals surface area contributed by atoms with E-state index in [0.717, 1.165) is 47.5 Å². The van der Waals surface area contributed by atoms with Crippen LogP contribution in [0.3, 0.4) is 0 Å². The molecule has 24 heavy (non-hydrogen) atoms. The van der Waals surface area contributed by atoms with E-state index in [9.17, 15) is 4.79 Å². The molecule has 1 aromatic carbocycles. The molecule has 2 heterocycles. The van der Waals surface area contributed by atoms with Gasteiger partial charge in [0, 0.05) is 16.1 Å². The predicted molar refractivity (Wildman–Crippen MR) is 96.3 cm³/mol. The van der Waals surface area contributed by atoms with E-state index in [-0.39, 0.29) is 0 Å². The first kappa shape index (κ1) is 15.4. The van der Waals surface area contributed by atoms with E-state index in [2.05, 4.69) is 11.3 Å². The van der Waals surface area contributed by atoms with Gasteiger partial charge in [-0.1, -0.05) is 6.92 Å². The van der Waals surface area contributed by atoms with Gasteiger partial charge >= 0.3 is 0 Å². The van der Waals surface area contributed by atoms with Gasteiger partial charge in [0.15, 0.2) is 11.2 Å². The van der Waals surface area contributed by atoms with E-state index in [0.29, 0.717) is 12.3 Å². The Kier molecular flexibility index (Phi) is 4.10. The van der Waals surface area contributed by atoms with Gasteiger partial charge in [-0.25, -0.2) is 4.98 Å². The van der Waals surface area contributed by atoms with Crippen LogP contribution in [-0.2, 0) is 12.8 Å². The number of hydrogen-bond donors (Lipinski definition) is 0. The van der Waals surface area contributed by atoms with Gasteiger partial charge in [-0.3, -0.25) is 9.20 Å². The number of imidazole rings is 1. The normalized spacial score (nSPS) is 13.9. The number of aldehydes is 1. The quantitative estimate of drug-likeness (QED) is 0.640. The largest absolute Gasteiger partial charge is 0.494 e. The third-order valence-electron chi connectivity index (χ3n) is 4.47. The minimum Gasteiger partial charge on any atom is -0.494 e. The average molecular weight is 340 g/mol. The summed E-state index contributed by atoms with van der Waals surface area (Å²) < 4.78 is 7.70. The van der Waals surface area contributed by atoms with Crippen molar-refractivity contribution in [2.75, 3.05) is 6.61 Å². The van der Waals surface area contributed by atoms with Crippen LogP contribution in [0.2, 0.25) is 0 Å². The van der Waals surface area contributed by atoms with Crippen molar-refractivity contribution in [2.45, 2.75) is 39.0 Å². The molecular weight excluding hydrogens is 320 g/mol. The molecule has 0 unspecified atom stereocenters. The van der Waals surface area contributed by atoms with E-state index in [1.165, 1.54) is 23.4 Å². The Hall–Kier alpha value is -2.14. The second-order valence-corrected chi connectivity index (χ2v) is 7.20. The number of ether oxygens (including phenoxy) is 1. The molecule has 0 spiro atoms. The number of hydrogen-bond acceptors (Lipinski definition) is 4. The molecule has 0 atom stereocenters. The number of carbonyl (C=O) groups excluding carboxylic acids is 1. The summed E-state index contributed by atoms with van der Waals surface area (Å²) in [5, 5.41) is 0. The third kappa shape index (κ3) is 2.53. The smallest absolute Gasteiger partial charge is 0.195 e. The van der Waals surface area contributed by atoms with Crippen molar-refractivity contribution < 1.29 is 9.53 Å². The van der Waals surface area contributed by atoms with Gasteiger partial charge in [-0.05, 0) is 56.4 Å². The molecule has 0 aliphatic heterocycles. The van der Waals surface area contributed by atoms with Crippen LogP contribution in [-0.4, -0.2) is 22.3 Å². The highest BCUT2D eigenvalue weighted by Gasteiger charge is 2.22. The van der Waals surface area contributed by atoms with Gasteiger partial charge in [0.25, 0.3) is 0 Å². The van der Waals surface area contributed by atoms with Gasteiger partial charge in [0.05, 0.1) is 6.61 Å². The highest BCUT2D eigenvalue weighted by atomic mass is 32.1. The maximum atomic E-state index is 11.8. The lowest BCUT2D eigenvalue weighted by Gasteiger charge is -2.11. The maximum absolute atomic E-state index is 11.8. The summed E-state index contributed by atoms with van der Waals surface area (Å²) in [4.78, 5) is 18.9. The zero-order chi connectivity index (χ0) is 16.5. The summed E-state index contributed by atoms with van der Waals surface area (Å²) in [6.45, 7) is 2.80. The molecule has 5 heteroatoms. The minimum absolute atomic E-state index is 0.673. The van der Waals surface area contributed by atoms with E-state index in [4.69, 9.17) is 9.72 Å². The fourth-order valence-electron chi connectivity index (χ4n) is 3.31. The number of thiazole rings is 1. The summed E-state index contributed by atoms with van der Waals surface area (Å²) >= 11 is 1.73. The molecule has 0 saturated carbocycles. The van der Waals surface area contributed by atoms with E-state index < -0.39 is 0 Å². The van der Waals surface area contributed by atoms with Crippen molar-refractivity contribution in [2.24, 2.45) is 0 Å². The Bertz CT molecular complexity index is 877. The Morgan fingerprint density at radius 1 is 1.25 bits per heavy atom. The molecule has 0 radical (unpaired) electrons. The molecule has 1 aliphatic rings. The van der Waals surface area contributed by atoms with Gasteiger partial charge in [0.1, 0.15) is 17.1 Å². The fraction of sp³-hybridized carbons (Fsp3) is 0.368. The number of aryl methyl sites for hydroxylation is 2. The van der Waals surface area contributed by atoms with Crippen LogP contribution < -0.4 is 4.74 Å². The van der Waals surface area contributed by atoms with Crippen molar-refractivity contribution in [1.82, 2.24) is 9.38 Å². The van der Waals surface area contributed by atoms with E-state index >= 15 is 0 Å². The lowest BCUT2D eigenvalue weighted by atomic mass is 10.0. The molecule has 124 valence electrons. The number of nitrogens with zero attached hydrogens (tertiary/aromatic N) is 2. The molecule has 4 nitrogen and oxygen atoms in total. The third-order valence-corrected chi connectivity index (χ3v) is 5.61. The highest BCUT2D eigenvalue weighted by Crippen LogP contribution is 2.34. The Balaban J connectivity index is 1.76. The Morgan fingerprint density at radius 3 is 2.79 bits per heavy atom. The second kappa shape index (κ2) is 6.40. The first-order valence-electron chi connectivity index (χ1n) is 8.53. The van der Waals surface area contributed by atoms with Crippen molar-refractivity contribution in [3.63, 3.8) is 0 Å². The first-order valence-corrected chi connectivity index (χ1v) is 9.35. The number of aromatic nitrogens is 2. The van der Waals surface area contributed by atoms with Crippen LogP contribution in [0.15, 0.2) is 24.3 Å². The van der Waals surface area contributed by atoms with E-state index in [1.54, 1.807) is 11.3 Å². The summed E-state index contributed by atoms with van der Waals surface area (Å²) in [5.41, 5.74) is 3.68. The summed E-state index contributed by atoms with van der Waals surface area (Å²) in [7, 11) is 0. The van der Waals surface area contributed by atoms with Gasteiger partial charge in [-0.2, -0.15) is 0 Å². The Morgan fingerprint density at radius 2 is 2.04 bits per heavy atom. The number of rotatable bonds is 5. The highest BCUT2D eigenvalue weighted by molar-refractivity contribution is 7.17. The molecule has 3 aromatic rings. The van der Waals surface area contributed by atoms with Gasteiger partial charge in [-0.15, -0.1) is 11.3 Å². The average Bonchev–Trinajstić information content (AvgIpc) is 3.16. The molecule has 0 saturated heterocycles. The molecule has 0 amide bonds. The molecule has 2 aromatic heterocycles. The van der Waals surface area contributed by atoms with Crippen molar-refractivity contribution in [1.29, 1.82) is 0 Å². The van der Waals surface area contributed by atoms with Gasteiger partial charge < -0.3 is 4.74 Å². The maximum Gasteiger partial charge on any atom is 0.195 e. The lowest BCUT2D eigenvalue weighted by Crippen LogP contribution is -2.04. The molecule has 0 fully saturated rings. The SMILES string of the molecule is CCCOc1ccc(-c2nc3sc4c(n3c2C=O)CCCC4)cc1. The standard InChI is InChI=1S/C19H20N2O2S/c1-2-11-23-14-9-7-13(8-10-14)18-16(12-22)21-15-5-3-4-6-17(15)24-19(21)20-18/h7-10,12H,2-6,11H2,1H3. The van der Waals surface area contributed by atoms with Crippen molar-refractivity contribution in [3.05, 3.63) is 40.5 Å². The zero-order valence-electron chi connectivity index (χ0n) is 13.7. The summed E-state index contributed by atoms with van der Waals surface area (Å²) in [6, 6.07) is 7.86. The Labute approximate surface area is 145 Å². The molecule has 0 N–H and O–H groups in total. The topological polar surface area (TPSA) is 43.6 Å². The summed E-state index contributed by atoms with van der Waals surface area (Å²) in [5.74, 6) is 0.853. The lowest BCUT2D eigenvalue weighted by molar-refractivity contribution is 0.111. The summed E-state index contributed by atoms with van der Waals surface area (Å²) in [6.07, 6.45) is 6.50. The van der Waals surface area contributed by atoms with Crippen LogP contribution in [0.4, 0.5) is 0 Å². The van der Waals surface area contributed by atoms with Crippen molar-refractivity contribution >= 4 is 22.6 Å². The van der Waals surface area contributed by atoms with Crippen LogP contribution in [0, 0.1) is 0 Å². The molecule has 4 rings (SSSR count). The molecular formula is C19H20N2O2S. The fourth-order valence-corrected chi connectivity index (χ4v) is 4.52. The van der Waals surface area contributed by atoms with Crippen LogP contribution in [0.25, 0.3) is 16.2 Å². The zero-order valence-corrected chi connectivity index (χ0v) is 14.6. The van der Waals surface area contributed by atoms with Gasteiger partial charge in [0.2, 0.25) is 0 Å². The molecule has 0 bridgehead atoms. The minimum atomic E-state index is 0.673. The number of fused-ring (bicyclic) bond motifs is 3. The monoisotopic (exact) mass is 340 g/mol. The second-order valence-electron chi connectivity index (χ2n) is 6.13. The van der Waals surface area contributed by atoms with Crippen LogP contribution >= 0.6 is 11.3 Å².